The van der Waals surface area contributed by atoms with Gasteiger partial charge >= 0.3 is 5.97 Å². The molecule has 1 N–H and O–H groups in total. The number of anilines is 1. The lowest BCUT2D eigenvalue weighted by Crippen LogP contribution is -2.39. The van der Waals surface area contributed by atoms with E-state index in [2.05, 4.69) is 11.0 Å². The molecule has 34 heavy (non-hydrogen) atoms. The number of carbonyl (C=O) groups excluding carboxylic acids is 1. The van der Waals surface area contributed by atoms with Crippen molar-refractivity contribution < 1.29 is 19.4 Å². The number of ether oxygens (including phenoxy) is 1. The van der Waals surface area contributed by atoms with Crippen LogP contribution in [0.25, 0.3) is 6.08 Å². The molecule has 1 amide bonds. The fourth-order valence-electron chi connectivity index (χ4n) is 4.06. The van der Waals surface area contributed by atoms with Crippen molar-refractivity contribution in [2.45, 2.75) is 22.6 Å². The zero-order chi connectivity index (χ0) is 24.1. The lowest BCUT2D eigenvalue weighted by molar-refractivity contribution is -0.142. The van der Waals surface area contributed by atoms with Gasteiger partial charge in [-0.3, -0.25) is 9.59 Å². The molecule has 0 atom stereocenters. The van der Waals surface area contributed by atoms with Gasteiger partial charge in [-0.25, -0.2) is 0 Å². The third-order valence-corrected chi connectivity index (χ3v) is 8.12. The summed E-state index contributed by atoms with van der Waals surface area (Å²) in [5.74, 6) is -1.04. The number of aliphatic carboxylic acids is 1. The number of hydrogen-bond acceptors (Lipinski definition) is 5. The SMILES string of the molecule is O=C(O)C1CCN(c2cccc(Sc3ccc(C=CC(=O)N4CCOCC4)c(Cl)c3Cl)c2)CC1. The third-order valence-electron chi connectivity index (χ3n) is 6.06. The molecule has 0 radical (unpaired) electrons. The molecule has 0 bridgehead atoms. The van der Waals surface area contributed by atoms with Crippen LogP contribution in [0, 0.1) is 5.92 Å². The van der Waals surface area contributed by atoms with Gasteiger partial charge in [0.25, 0.3) is 0 Å². The van der Waals surface area contributed by atoms with Crippen molar-refractivity contribution in [1.29, 1.82) is 0 Å². The molecule has 180 valence electrons. The predicted octanol–water partition coefficient (Wildman–Crippen LogP) is 5.32. The van der Waals surface area contributed by atoms with Gasteiger partial charge in [0.05, 0.1) is 29.2 Å². The molecule has 2 fully saturated rings. The van der Waals surface area contributed by atoms with E-state index in [1.165, 1.54) is 17.8 Å². The lowest BCUT2D eigenvalue weighted by atomic mass is 9.97. The monoisotopic (exact) mass is 520 g/mol. The van der Waals surface area contributed by atoms with Crippen molar-refractivity contribution in [1.82, 2.24) is 4.90 Å². The minimum Gasteiger partial charge on any atom is -0.481 e. The fourth-order valence-corrected chi connectivity index (χ4v) is 5.54. The summed E-state index contributed by atoms with van der Waals surface area (Å²) in [6, 6.07) is 11.9. The summed E-state index contributed by atoms with van der Waals surface area (Å²) in [7, 11) is 0. The number of carboxylic acids is 1. The minimum absolute atomic E-state index is 0.0712. The molecule has 2 aromatic carbocycles. The van der Waals surface area contributed by atoms with Gasteiger partial charge < -0.3 is 19.6 Å². The highest BCUT2D eigenvalue weighted by molar-refractivity contribution is 7.99. The number of hydrogen-bond donors (Lipinski definition) is 1. The van der Waals surface area contributed by atoms with Crippen molar-refractivity contribution in [2.75, 3.05) is 44.3 Å². The minimum atomic E-state index is -0.709. The van der Waals surface area contributed by atoms with Crippen molar-refractivity contribution in [3.05, 3.63) is 58.1 Å². The first-order chi connectivity index (χ1) is 16.4. The number of halogens is 2. The van der Waals surface area contributed by atoms with E-state index in [0.717, 1.165) is 28.6 Å². The number of benzene rings is 2. The number of carbonyl (C=O) groups is 2. The summed E-state index contributed by atoms with van der Waals surface area (Å²) in [6.45, 7) is 3.73. The second-order valence-corrected chi connectivity index (χ2v) is 10.1. The van der Waals surface area contributed by atoms with E-state index < -0.39 is 5.97 Å². The Morgan fingerprint density at radius 3 is 2.47 bits per heavy atom. The van der Waals surface area contributed by atoms with Crippen LogP contribution in [-0.4, -0.2) is 61.3 Å². The summed E-state index contributed by atoms with van der Waals surface area (Å²) in [5, 5.41) is 10.1. The number of carboxylic acid groups (broad SMARTS) is 1. The maximum atomic E-state index is 12.4. The number of rotatable bonds is 6. The Kier molecular flexibility index (Phi) is 8.42. The van der Waals surface area contributed by atoms with Gasteiger partial charge in [0.1, 0.15) is 0 Å². The van der Waals surface area contributed by atoms with Gasteiger partial charge in [-0.15, -0.1) is 0 Å². The summed E-state index contributed by atoms with van der Waals surface area (Å²) < 4.78 is 5.28. The molecule has 0 unspecified atom stereocenters. The zero-order valence-electron chi connectivity index (χ0n) is 18.6. The van der Waals surface area contributed by atoms with E-state index in [1.54, 1.807) is 11.0 Å². The predicted molar refractivity (Wildman–Crippen MR) is 136 cm³/mol. The molecule has 2 aliphatic rings. The molecule has 6 nitrogen and oxygen atoms in total. The second-order valence-electron chi connectivity index (χ2n) is 8.25. The Hall–Kier alpha value is -2.19. The quantitative estimate of drug-likeness (QED) is 0.520. The molecule has 0 saturated carbocycles. The van der Waals surface area contributed by atoms with Crippen LogP contribution in [0.5, 0.6) is 0 Å². The molecular weight excluding hydrogens is 495 g/mol. The van der Waals surface area contributed by atoms with Gasteiger partial charge in [-0.05, 0) is 48.7 Å². The van der Waals surface area contributed by atoms with Crippen LogP contribution in [0.1, 0.15) is 18.4 Å². The highest BCUT2D eigenvalue weighted by Crippen LogP contribution is 2.40. The van der Waals surface area contributed by atoms with Crippen LogP contribution in [0.4, 0.5) is 5.69 Å². The Morgan fingerprint density at radius 1 is 1.03 bits per heavy atom. The van der Waals surface area contributed by atoms with Gasteiger partial charge in [0.2, 0.25) is 5.91 Å². The average molecular weight is 521 g/mol. The van der Waals surface area contributed by atoms with Crippen LogP contribution < -0.4 is 4.90 Å². The van der Waals surface area contributed by atoms with Crippen LogP contribution in [-0.2, 0) is 14.3 Å². The molecule has 2 aromatic rings. The van der Waals surface area contributed by atoms with Crippen LogP contribution in [0.15, 0.2) is 52.3 Å². The van der Waals surface area contributed by atoms with Gasteiger partial charge in [-0.1, -0.05) is 47.1 Å². The lowest BCUT2D eigenvalue weighted by Gasteiger charge is -2.32. The highest BCUT2D eigenvalue weighted by Gasteiger charge is 2.24. The Labute approximate surface area is 213 Å². The normalized spacial score (nSPS) is 17.4. The first-order valence-corrected chi connectivity index (χ1v) is 12.8. The Bertz CT molecular complexity index is 1080. The first-order valence-electron chi connectivity index (χ1n) is 11.2. The maximum absolute atomic E-state index is 12.4. The fraction of sp³-hybridized carbons (Fsp3) is 0.360. The van der Waals surface area contributed by atoms with Gasteiger partial charge in [0.15, 0.2) is 0 Å². The van der Waals surface area contributed by atoms with Crippen LogP contribution in [0.3, 0.4) is 0 Å². The maximum Gasteiger partial charge on any atom is 0.306 e. The van der Waals surface area contributed by atoms with Crippen molar-refractivity contribution in [3.8, 4) is 0 Å². The second kappa shape index (κ2) is 11.5. The average Bonchev–Trinajstić information content (AvgIpc) is 2.87. The van der Waals surface area contributed by atoms with Crippen molar-refractivity contribution in [3.63, 3.8) is 0 Å². The van der Waals surface area contributed by atoms with E-state index in [4.69, 9.17) is 27.9 Å². The number of morpholine rings is 1. The molecule has 2 aliphatic heterocycles. The highest BCUT2D eigenvalue weighted by atomic mass is 35.5. The standard InChI is InChI=1S/C25H26Cl2N2O4S/c26-23-17(5-7-22(30)29-12-14-33-15-13-29)4-6-21(24(23)27)34-20-3-1-2-19(16-20)28-10-8-18(9-11-28)25(31)32/h1-7,16,18H,8-15H2,(H,31,32). The number of nitrogens with zero attached hydrogens (tertiary/aromatic N) is 2. The van der Waals surface area contributed by atoms with E-state index in [9.17, 15) is 14.7 Å². The summed E-state index contributed by atoms with van der Waals surface area (Å²) >= 11 is 14.6. The topological polar surface area (TPSA) is 70.1 Å². The zero-order valence-corrected chi connectivity index (χ0v) is 20.9. The number of amides is 1. The third kappa shape index (κ3) is 6.08. The largest absolute Gasteiger partial charge is 0.481 e. The van der Waals surface area contributed by atoms with Crippen molar-refractivity contribution in [2.24, 2.45) is 5.92 Å². The van der Waals surface area contributed by atoms with Crippen LogP contribution >= 0.6 is 35.0 Å². The Morgan fingerprint density at radius 2 is 1.76 bits per heavy atom. The number of piperidine rings is 1. The summed E-state index contributed by atoms with van der Waals surface area (Å²) in [5.41, 5.74) is 1.75. The molecule has 9 heteroatoms. The van der Waals surface area contributed by atoms with Gasteiger partial charge in [0, 0.05) is 47.7 Å². The molecule has 4 rings (SSSR count). The molecule has 0 aliphatic carbocycles. The van der Waals surface area contributed by atoms with E-state index in [0.29, 0.717) is 54.8 Å². The summed E-state index contributed by atoms with van der Waals surface area (Å²) in [6.07, 6.45) is 4.52. The van der Waals surface area contributed by atoms with Crippen molar-refractivity contribution >= 4 is 58.6 Å². The smallest absolute Gasteiger partial charge is 0.306 e. The first kappa shape index (κ1) is 24.9. The molecule has 2 heterocycles. The molecule has 2 saturated heterocycles. The van der Waals surface area contributed by atoms with Gasteiger partial charge in [-0.2, -0.15) is 0 Å². The molecule has 0 aromatic heterocycles. The molecule has 0 spiro atoms. The Balaban J connectivity index is 1.43. The van der Waals surface area contributed by atoms with Crippen LogP contribution in [0.2, 0.25) is 10.0 Å². The van der Waals surface area contributed by atoms with E-state index in [1.807, 2.05) is 30.3 Å². The summed E-state index contributed by atoms with van der Waals surface area (Å²) in [4.78, 5) is 29.4. The van der Waals surface area contributed by atoms with E-state index in [-0.39, 0.29) is 11.8 Å². The van der Waals surface area contributed by atoms with E-state index >= 15 is 0 Å². The molecular formula is C25H26Cl2N2O4S.